The van der Waals surface area contributed by atoms with E-state index in [9.17, 15) is 4.79 Å². The first-order valence-corrected chi connectivity index (χ1v) is 9.43. The number of hydrogen-bond acceptors (Lipinski definition) is 4. The van der Waals surface area contributed by atoms with E-state index in [4.69, 9.17) is 4.74 Å². The van der Waals surface area contributed by atoms with Crippen LogP contribution in [0.2, 0.25) is 0 Å². The van der Waals surface area contributed by atoms with Gasteiger partial charge in [0.25, 0.3) is 0 Å². The Bertz CT molecular complexity index is 637. The smallest absolute Gasteiger partial charge is 0.314 e. The summed E-state index contributed by atoms with van der Waals surface area (Å²) in [7, 11) is 0. The van der Waals surface area contributed by atoms with Crippen LogP contribution in [0.25, 0.3) is 0 Å². The second kappa shape index (κ2) is 15.3. The van der Waals surface area contributed by atoms with Crippen LogP contribution in [-0.4, -0.2) is 43.7 Å². The van der Waals surface area contributed by atoms with Crippen LogP contribution in [0.3, 0.4) is 0 Å². The van der Waals surface area contributed by atoms with Crippen molar-refractivity contribution in [2.45, 2.75) is 26.3 Å². The molecule has 2 aromatic carbocycles. The zero-order valence-electron chi connectivity index (χ0n) is 16.7. The number of ether oxygens (including phenoxy) is 1. The Hall–Kier alpha value is -1.59. The van der Waals surface area contributed by atoms with Gasteiger partial charge in [-0.2, -0.15) is 0 Å². The molecule has 4 nitrogen and oxygen atoms in total. The van der Waals surface area contributed by atoms with Crippen molar-refractivity contribution >= 4 is 30.8 Å². The van der Waals surface area contributed by atoms with Gasteiger partial charge in [-0.25, -0.2) is 0 Å². The molecule has 0 aliphatic carbocycles. The van der Waals surface area contributed by atoms with Crippen LogP contribution in [-0.2, 0) is 16.1 Å². The third-order valence-electron chi connectivity index (χ3n) is 4.55. The van der Waals surface area contributed by atoms with Gasteiger partial charge in [-0.15, -0.1) is 24.8 Å². The highest BCUT2D eigenvalue weighted by atomic mass is 35.5. The van der Waals surface area contributed by atoms with E-state index < -0.39 is 0 Å². The quantitative estimate of drug-likeness (QED) is 0.544. The Balaban J connectivity index is 0.00000364. The number of nitrogens with one attached hydrogen (secondary N) is 1. The Morgan fingerprint density at radius 3 is 2.11 bits per heavy atom. The predicted molar refractivity (Wildman–Crippen MR) is 121 cm³/mol. The topological polar surface area (TPSA) is 41.6 Å². The van der Waals surface area contributed by atoms with Crippen LogP contribution >= 0.6 is 24.8 Å². The summed E-state index contributed by atoms with van der Waals surface area (Å²) in [5.74, 6) is -0.458. The number of hydrogen-bond donors (Lipinski definition) is 1. The van der Waals surface area contributed by atoms with E-state index in [-0.39, 0.29) is 36.7 Å². The predicted octanol–water partition coefficient (Wildman–Crippen LogP) is 4.29. The van der Waals surface area contributed by atoms with Crippen LogP contribution in [0.4, 0.5) is 0 Å². The molecule has 28 heavy (non-hydrogen) atoms. The molecule has 0 heterocycles. The van der Waals surface area contributed by atoms with Crippen molar-refractivity contribution in [2.24, 2.45) is 0 Å². The monoisotopic (exact) mass is 426 g/mol. The fraction of sp³-hybridized carbons (Fsp3) is 0.409. The molecule has 1 atom stereocenters. The van der Waals surface area contributed by atoms with Crippen molar-refractivity contribution in [3.8, 4) is 0 Å². The van der Waals surface area contributed by atoms with Crippen molar-refractivity contribution in [3.63, 3.8) is 0 Å². The number of nitrogens with zero attached hydrogens (tertiary/aromatic N) is 1. The number of carbonyl (C=O) groups excluding carboxylic acids is 1. The highest BCUT2D eigenvalue weighted by molar-refractivity contribution is 5.85. The van der Waals surface area contributed by atoms with Crippen molar-refractivity contribution in [1.29, 1.82) is 0 Å². The fourth-order valence-corrected chi connectivity index (χ4v) is 2.90. The lowest BCUT2D eigenvalue weighted by Crippen LogP contribution is -2.31. The van der Waals surface area contributed by atoms with Gasteiger partial charge in [0.05, 0.1) is 5.92 Å². The summed E-state index contributed by atoms with van der Waals surface area (Å²) in [5, 5.41) is 3.39. The van der Waals surface area contributed by atoms with E-state index in [0.717, 1.165) is 31.7 Å². The lowest BCUT2D eigenvalue weighted by molar-refractivity contribution is -0.145. The summed E-state index contributed by atoms with van der Waals surface area (Å²) in [4.78, 5) is 14.9. The van der Waals surface area contributed by atoms with Crippen LogP contribution < -0.4 is 5.32 Å². The summed E-state index contributed by atoms with van der Waals surface area (Å²) in [6, 6.07) is 20.1. The Morgan fingerprint density at radius 2 is 1.54 bits per heavy atom. The Labute approximate surface area is 181 Å². The Morgan fingerprint density at radius 1 is 0.964 bits per heavy atom. The van der Waals surface area contributed by atoms with Gasteiger partial charge in [0, 0.05) is 19.6 Å². The van der Waals surface area contributed by atoms with Gasteiger partial charge in [-0.1, -0.05) is 74.5 Å². The molecular formula is C22H32Cl2N2O2. The minimum absolute atomic E-state index is 0. The van der Waals surface area contributed by atoms with Crippen molar-refractivity contribution in [2.75, 3.05) is 32.8 Å². The summed E-state index contributed by atoms with van der Waals surface area (Å²) in [5.41, 5.74) is 2.19. The van der Waals surface area contributed by atoms with E-state index in [0.29, 0.717) is 13.2 Å². The molecule has 0 aliphatic heterocycles. The normalized spacial score (nSPS) is 11.2. The van der Waals surface area contributed by atoms with Gasteiger partial charge in [-0.05, 0) is 24.2 Å². The van der Waals surface area contributed by atoms with Crippen molar-refractivity contribution in [3.05, 3.63) is 71.8 Å². The first-order chi connectivity index (χ1) is 12.7. The average molecular weight is 427 g/mol. The van der Waals surface area contributed by atoms with E-state index in [1.165, 1.54) is 5.56 Å². The molecule has 156 valence electrons. The molecule has 0 bridgehead atoms. The molecule has 0 fully saturated rings. The summed E-state index contributed by atoms with van der Waals surface area (Å²) >= 11 is 0. The number of carbonyl (C=O) groups is 1. The minimum atomic E-state index is -0.295. The lowest BCUT2D eigenvalue weighted by atomic mass is 9.99. The third-order valence-corrected chi connectivity index (χ3v) is 4.55. The molecule has 1 unspecified atom stereocenters. The van der Waals surface area contributed by atoms with Crippen molar-refractivity contribution in [1.82, 2.24) is 10.2 Å². The van der Waals surface area contributed by atoms with Gasteiger partial charge >= 0.3 is 5.97 Å². The number of likely N-dealkylation sites (N-methyl/N-ethyl adjacent to an activating group) is 1. The molecule has 0 amide bonds. The summed E-state index contributed by atoms with van der Waals surface area (Å²) in [6.45, 7) is 8.67. The molecule has 0 spiro atoms. The molecule has 0 saturated carbocycles. The van der Waals surface area contributed by atoms with E-state index in [2.05, 4.69) is 36.2 Å². The van der Waals surface area contributed by atoms with E-state index in [1.54, 1.807) is 0 Å². The van der Waals surface area contributed by atoms with Gasteiger partial charge in [0.1, 0.15) is 6.61 Å². The maximum atomic E-state index is 12.7. The van der Waals surface area contributed by atoms with Crippen LogP contribution in [0.5, 0.6) is 0 Å². The first kappa shape index (κ1) is 26.4. The van der Waals surface area contributed by atoms with Crippen LogP contribution in [0.15, 0.2) is 60.7 Å². The minimum Gasteiger partial charge on any atom is -0.464 e. The fourth-order valence-electron chi connectivity index (χ4n) is 2.90. The van der Waals surface area contributed by atoms with Crippen LogP contribution in [0.1, 0.15) is 30.9 Å². The summed E-state index contributed by atoms with van der Waals surface area (Å²) < 4.78 is 5.57. The second-order valence-corrected chi connectivity index (χ2v) is 6.27. The molecule has 2 rings (SSSR count). The van der Waals surface area contributed by atoms with Gasteiger partial charge in [-0.3, -0.25) is 4.79 Å². The number of esters is 1. The molecule has 6 heteroatoms. The molecule has 0 aromatic heterocycles. The van der Waals surface area contributed by atoms with Gasteiger partial charge in [0.2, 0.25) is 0 Å². The van der Waals surface area contributed by atoms with Crippen LogP contribution in [0, 0.1) is 0 Å². The SMILES string of the molecule is CCN(CC)CCOC(=O)C(CNCc1ccccc1)c1ccccc1.Cl.Cl. The molecule has 2 aromatic rings. The first-order valence-electron chi connectivity index (χ1n) is 9.43. The largest absolute Gasteiger partial charge is 0.464 e. The molecule has 0 saturated heterocycles. The molecule has 0 radical (unpaired) electrons. The van der Waals surface area contributed by atoms with Gasteiger partial charge in [0.15, 0.2) is 0 Å². The highest BCUT2D eigenvalue weighted by Gasteiger charge is 2.21. The number of rotatable bonds is 11. The zero-order chi connectivity index (χ0) is 18.6. The zero-order valence-corrected chi connectivity index (χ0v) is 18.3. The maximum absolute atomic E-state index is 12.7. The third kappa shape index (κ3) is 9.07. The van der Waals surface area contributed by atoms with E-state index in [1.807, 2.05) is 48.5 Å². The number of benzene rings is 2. The van der Waals surface area contributed by atoms with Gasteiger partial charge < -0.3 is 15.0 Å². The average Bonchev–Trinajstić information content (AvgIpc) is 2.70. The molecular weight excluding hydrogens is 395 g/mol. The van der Waals surface area contributed by atoms with Crippen molar-refractivity contribution < 1.29 is 9.53 Å². The Kier molecular flexibility index (Phi) is 14.5. The standard InChI is InChI=1S/C22H30N2O2.2ClH/c1-3-24(4-2)15-16-26-22(25)21(20-13-9-6-10-14-20)18-23-17-19-11-7-5-8-12-19;;/h5-14,21,23H,3-4,15-18H2,1-2H3;2*1H. The summed E-state index contributed by atoms with van der Waals surface area (Å²) in [6.07, 6.45) is 0. The molecule has 1 N–H and O–H groups in total. The van der Waals surface area contributed by atoms with E-state index >= 15 is 0 Å². The lowest BCUT2D eigenvalue weighted by Gasteiger charge is -2.20. The highest BCUT2D eigenvalue weighted by Crippen LogP contribution is 2.17. The maximum Gasteiger partial charge on any atom is 0.314 e. The molecule has 0 aliphatic rings. The number of halogens is 2. The second-order valence-electron chi connectivity index (χ2n) is 6.27.